The van der Waals surface area contributed by atoms with E-state index in [9.17, 15) is 19.2 Å². The average Bonchev–Trinajstić information content (AvgIpc) is 3.57. The van der Waals surface area contributed by atoms with Gasteiger partial charge >= 0.3 is 0 Å². The summed E-state index contributed by atoms with van der Waals surface area (Å²) in [6.07, 6.45) is 1.72. The van der Waals surface area contributed by atoms with Gasteiger partial charge in [-0.3, -0.25) is 19.2 Å². The van der Waals surface area contributed by atoms with E-state index in [1.54, 1.807) is 48.5 Å². The Morgan fingerprint density at radius 3 is 2.51 bits per heavy atom. The number of nitrogens with one attached hydrogen (secondary N) is 2. The number of benzene rings is 3. The molecule has 206 valence electrons. The van der Waals surface area contributed by atoms with Crippen molar-refractivity contribution in [1.29, 1.82) is 0 Å². The minimum atomic E-state index is -0.576. The molecular formula is C32H27N3O4S2. The van der Waals surface area contributed by atoms with Gasteiger partial charge in [0.1, 0.15) is 5.70 Å². The van der Waals surface area contributed by atoms with E-state index >= 15 is 0 Å². The number of carbonyl (C=O) groups is 4. The quantitative estimate of drug-likeness (QED) is 0.191. The highest BCUT2D eigenvalue weighted by atomic mass is 32.2. The Labute approximate surface area is 246 Å². The van der Waals surface area contributed by atoms with E-state index in [1.165, 1.54) is 28.0 Å². The second-order valence-corrected chi connectivity index (χ2v) is 11.8. The van der Waals surface area contributed by atoms with Crippen LogP contribution in [0.4, 0.5) is 11.4 Å². The molecule has 2 heterocycles. The van der Waals surface area contributed by atoms with Gasteiger partial charge in [-0.25, -0.2) is 4.90 Å². The van der Waals surface area contributed by atoms with E-state index in [-0.39, 0.29) is 23.9 Å². The van der Waals surface area contributed by atoms with Crippen molar-refractivity contribution in [3.63, 3.8) is 0 Å². The Morgan fingerprint density at radius 2 is 1.76 bits per heavy atom. The first kappa shape index (κ1) is 28.1. The molecule has 1 aromatic heterocycles. The highest BCUT2D eigenvalue weighted by molar-refractivity contribution is 8.00. The number of imide groups is 1. The number of anilines is 2. The Bertz CT molecular complexity index is 1650. The summed E-state index contributed by atoms with van der Waals surface area (Å²) in [6.45, 7) is 3.81. The maximum Gasteiger partial charge on any atom is 0.272 e. The fourth-order valence-corrected chi connectivity index (χ4v) is 6.15. The van der Waals surface area contributed by atoms with E-state index in [1.807, 2.05) is 61.7 Å². The molecule has 0 aliphatic carbocycles. The molecule has 0 saturated carbocycles. The monoisotopic (exact) mass is 581 g/mol. The van der Waals surface area contributed by atoms with Gasteiger partial charge in [0, 0.05) is 27.4 Å². The number of amides is 4. The van der Waals surface area contributed by atoms with Crippen molar-refractivity contribution in [3.05, 3.63) is 118 Å². The van der Waals surface area contributed by atoms with Crippen molar-refractivity contribution < 1.29 is 19.2 Å². The summed E-state index contributed by atoms with van der Waals surface area (Å²) in [5, 5.41) is 6.89. The zero-order chi connectivity index (χ0) is 28.9. The highest BCUT2D eigenvalue weighted by Gasteiger charge is 2.40. The number of aryl methyl sites for hydroxylation is 2. The summed E-state index contributed by atoms with van der Waals surface area (Å²) in [5.41, 5.74) is 3.47. The molecule has 41 heavy (non-hydrogen) atoms. The average molecular weight is 582 g/mol. The van der Waals surface area contributed by atoms with E-state index in [0.29, 0.717) is 16.9 Å². The van der Waals surface area contributed by atoms with E-state index in [4.69, 9.17) is 0 Å². The maximum atomic E-state index is 13.3. The molecule has 0 unspecified atom stereocenters. The smallest absolute Gasteiger partial charge is 0.272 e. The lowest BCUT2D eigenvalue weighted by molar-refractivity contribution is -0.121. The van der Waals surface area contributed by atoms with Crippen LogP contribution in [0.1, 0.15) is 32.8 Å². The highest BCUT2D eigenvalue weighted by Crippen LogP contribution is 2.36. The van der Waals surface area contributed by atoms with Crippen LogP contribution in [0.25, 0.3) is 6.08 Å². The molecule has 4 amide bonds. The zero-order valence-corrected chi connectivity index (χ0v) is 24.1. The van der Waals surface area contributed by atoms with Crippen LogP contribution in [-0.2, 0) is 14.4 Å². The van der Waals surface area contributed by atoms with Gasteiger partial charge in [0.2, 0.25) is 11.8 Å². The van der Waals surface area contributed by atoms with Crippen LogP contribution in [0.5, 0.6) is 0 Å². The first-order chi connectivity index (χ1) is 19.8. The number of thioether (sulfide) groups is 1. The third kappa shape index (κ3) is 6.65. The van der Waals surface area contributed by atoms with Crippen molar-refractivity contribution >= 4 is 64.2 Å². The molecule has 1 saturated heterocycles. The largest absolute Gasteiger partial charge is 0.321 e. The van der Waals surface area contributed by atoms with Gasteiger partial charge in [-0.15, -0.1) is 23.1 Å². The van der Waals surface area contributed by atoms with Crippen LogP contribution in [0.15, 0.2) is 101 Å². The Morgan fingerprint density at radius 1 is 0.951 bits per heavy atom. The molecule has 0 spiro atoms. The molecule has 1 fully saturated rings. The SMILES string of the molecule is Cc1ccc(C)c(N2C(=O)C[C@H](Sc3cccc(NC(=O)/C(=C/c4cccs4)NC(=O)c4ccccc4)c3)C2=O)c1. The lowest BCUT2D eigenvalue weighted by atomic mass is 10.1. The van der Waals surface area contributed by atoms with Gasteiger partial charge < -0.3 is 10.6 Å². The Balaban J connectivity index is 1.31. The molecule has 4 aromatic rings. The minimum absolute atomic E-state index is 0.0900. The molecule has 7 nitrogen and oxygen atoms in total. The minimum Gasteiger partial charge on any atom is -0.321 e. The second kappa shape index (κ2) is 12.4. The predicted octanol–water partition coefficient (Wildman–Crippen LogP) is 6.20. The second-order valence-electron chi connectivity index (χ2n) is 9.54. The Kier molecular flexibility index (Phi) is 8.47. The standard InChI is InChI=1S/C32H27N3O4S2/c1-20-13-14-21(2)27(16-20)35-29(36)19-28(32(35)39)41-25-11-6-10-23(17-25)33-31(38)26(18-24-12-7-15-40-24)34-30(37)22-8-4-3-5-9-22/h3-18,28H,19H2,1-2H3,(H,33,38)(H,34,37)/b26-18-/t28-/m0/s1. The number of hydrogen-bond acceptors (Lipinski definition) is 6. The third-order valence-corrected chi connectivity index (χ3v) is 8.44. The molecule has 1 aliphatic rings. The van der Waals surface area contributed by atoms with E-state index < -0.39 is 17.1 Å². The molecule has 3 aromatic carbocycles. The fourth-order valence-electron chi connectivity index (χ4n) is 4.38. The van der Waals surface area contributed by atoms with Gasteiger partial charge in [0.25, 0.3) is 11.8 Å². The van der Waals surface area contributed by atoms with Crippen molar-refractivity contribution in [1.82, 2.24) is 5.32 Å². The summed E-state index contributed by atoms with van der Waals surface area (Å²) in [7, 11) is 0. The molecule has 9 heteroatoms. The predicted molar refractivity (Wildman–Crippen MR) is 164 cm³/mol. The molecule has 0 bridgehead atoms. The number of rotatable bonds is 8. The molecular weight excluding hydrogens is 555 g/mol. The summed E-state index contributed by atoms with van der Waals surface area (Å²) in [5.74, 6) is -1.38. The topological polar surface area (TPSA) is 95.6 Å². The van der Waals surface area contributed by atoms with Crippen LogP contribution in [0.3, 0.4) is 0 Å². The lowest BCUT2D eigenvalue weighted by Crippen LogP contribution is -2.31. The maximum absolute atomic E-state index is 13.3. The molecule has 2 N–H and O–H groups in total. The summed E-state index contributed by atoms with van der Waals surface area (Å²) >= 11 is 2.73. The van der Waals surface area contributed by atoms with Crippen LogP contribution < -0.4 is 15.5 Å². The number of carbonyl (C=O) groups excluding carboxylic acids is 4. The normalized spacial score (nSPS) is 15.2. The molecule has 1 atom stereocenters. The van der Waals surface area contributed by atoms with Gasteiger partial charge in [-0.05, 0) is 78.9 Å². The van der Waals surface area contributed by atoms with E-state index in [0.717, 1.165) is 20.9 Å². The number of thiophene rings is 1. The summed E-state index contributed by atoms with van der Waals surface area (Å²) in [6, 6.07) is 25.2. The van der Waals surface area contributed by atoms with Gasteiger partial charge in [-0.2, -0.15) is 0 Å². The van der Waals surface area contributed by atoms with Crippen LogP contribution in [-0.4, -0.2) is 28.9 Å². The first-order valence-corrected chi connectivity index (χ1v) is 14.7. The van der Waals surface area contributed by atoms with Crippen molar-refractivity contribution in [3.8, 4) is 0 Å². The number of nitrogens with zero attached hydrogens (tertiary/aromatic N) is 1. The first-order valence-electron chi connectivity index (χ1n) is 12.9. The van der Waals surface area contributed by atoms with Crippen LogP contribution >= 0.6 is 23.1 Å². The Hall–Kier alpha value is -4.47. The van der Waals surface area contributed by atoms with Crippen molar-refractivity contribution in [2.75, 3.05) is 10.2 Å². The lowest BCUT2D eigenvalue weighted by Gasteiger charge is -2.18. The molecule has 5 rings (SSSR count). The molecule has 0 radical (unpaired) electrons. The van der Waals surface area contributed by atoms with Crippen molar-refractivity contribution in [2.45, 2.75) is 30.4 Å². The summed E-state index contributed by atoms with van der Waals surface area (Å²) < 4.78 is 0. The van der Waals surface area contributed by atoms with Gasteiger partial charge in [-0.1, -0.05) is 42.5 Å². The van der Waals surface area contributed by atoms with Crippen molar-refractivity contribution in [2.24, 2.45) is 0 Å². The third-order valence-electron chi connectivity index (χ3n) is 6.44. The molecule has 1 aliphatic heterocycles. The van der Waals surface area contributed by atoms with E-state index in [2.05, 4.69) is 10.6 Å². The van der Waals surface area contributed by atoms with Crippen LogP contribution in [0, 0.1) is 13.8 Å². The number of hydrogen-bond donors (Lipinski definition) is 2. The fraction of sp³-hybridized carbons (Fsp3) is 0.125. The zero-order valence-electron chi connectivity index (χ0n) is 22.4. The van der Waals surface area contributed by atoms with Crippen LogP contribution in [0.2, 0.25) is 0 Å². The van der Waals surface area contributed by atoms with Gasteiger partial charge in [0.15, 0.2) is 0 Å². The summed E-state index contributed by atoms with van der Waals surface area (Å²) in [4.78, 5) is 55.1. The van der Waals surface area contributed by atoms with Gasteiger partial charge in [0.05, 0.1) is 10.9 Å².